The lowest BCUT2D eigenvalue weighted by atomic mass is 9.82. The number of benzene rings is 2. The fourth-order valence-corrected chi connectivity index (χ4v) is 3.84. The fourth-order valence-electron chi connectivity index (χ4n) is 3.84. The molecule has 0 fully saturated rings. The van der Waals surface area contributed by atoms with Crippen molar-refractivity contribution >= 4 is 22.9 Å². The van der Waals surface area contributed by atoms with Crippen molar-refractivity contribution in [3.63, 3.8) is 0 Å². The van der Waals surface area contributed by atoms with E-state index in [1.807, 2.05) is 24.3 Å². The number of rotatable bonds is 0. The summed E-state index contributed by atoms with van der Waals surface area (Å²) in [6, 6.07) is 10.9. The zero-order chi connectivity index (χ0) is 20.1. The first-order chi connectivity index (χ1) is 14.3. The van der Waals surface area contributed by atoms with Gasteiger partial charge < -0.3 is 26.6 Å². The SMILES string of the molecule is O=C1c2cccc3c2C(=O)c2c(cccc21)NCCNCCNCCNCCN3. The van der Waals surface area contributed by atoms with E-state index in [1.54, 1.807) is 12.1 Å². The Hall–Kier alpha value is -2.74. The standard InChI is InChI=1S/C22H27N5O2/c28-21-15-3-1-5-17-19(15)22(29)20-16(21)4-2-6-18(20)27-14-12-25-10-8-23-7-9-24-11-13-26-17/h1-6,23-27H,7-14H2. The largest absolute Gasteiger partial charge is 0.383 e. The molecule has 7 heteroatoms. The van der Waals surface area contributed by atoms with Crippen molar-refractivity contribution < 1.29 is 9.59 Å². The summed E-state index contributed by atoms with van der Waals surface area (Å²) in [5.74, 6) is -0.203. The lowest BCUT2D eigenvalue weighted by Crippen LogP contribution is -2.35. The Balaban J connectivity index is 1.67. The number of nitrogens with one attached hydrogen (secondary N) is 5. The quantitative estimate of drug-likeness (QED) is 0.390. The van der Waals surface area contributed by atoms with E-state index >= 15 is 0 Å². The number of ketones is 2. The number of hydrogen-bond donors (Lipinski definition) is 5. The number of anilines is 2. The van der Waals surface area contributed by atoms with Gasteiger partial charge in [0.15, 0.2) is 11.6 Å². The van der Waals surface area contributed by atoms with Crippen molar-refractivity contribution in [1.82, 2.24) is 16.0 Å². The molecule has 1 aliphatic heterocycles. The number of hydrogen-bond acceptors (Lipinski definition) is 7. The van der Waals surface area contributed by atoms with Crippen LogP contribution in [0.2, 0.25) is 0 Å². The van der Waals surface area contributed by atoms with Gasteiger partial charge in [0.25, 0.3) is 0 Å². The van der Waals surface area contributed by atoms with Crippen molar-refractivity contribution in [2.75, 3.05) is 63.0 Å². The molecule has 7 nitrogen and oxygen atoms in total. The topological polar surface area (TPSA) is 94.3 Å². The van der Waals surface area contributed by atoms with Crippen LogP contribution in [-0.2, 0) is 0 Å². The Morgan fingerprint density at radius 1 is 0.517 bits per heavy atom. The van der Waals surface area contributed by atoms with Crippen LogP contribution in [-0.4, -0.2) is 63.9 Å². The maximum Gasteiger partial charge on any atom is 0.198 e. The average Bonchev–Trinajstić information content (AvgIpc) is 2.74. The third kappa shape index (κ3) is 4.17. The van der Waals surface area contributed by atoms with Crippen LogP contribution in [0.25, 0.3) is 0 Å². The lowest BCUT2D eigenvalue weighted by molar-refractivity contribution is 0.0980. The van der Waals surface area contributed by atoms with Gasteiger partial charge in [-0.25, -0.2) is 0 Å². The van der Waals surface area contributed by atoms with Crippen molar-refractivity contribution in [2.45, 2.75) is 0 Å². The third-order valence-electron chi connectivity index (χ3n) is 5.26. The van der Waals surface area contributed by atoms with Gasteiger partial charge in [0.1, 0.15) is 0 Å². The highest BCUT2D eigenvalue weighted by atomic mass is 16.1. The van der Waals surface area contributed by atoms with E-state index in [-0.39, 0.29) is 11.6 Å². The van der Waals surface area contributed by atoms with E-state index in [2.05, 4.69) is 26.6 Å². The highest BCUT2D eigenvalue weighted by Crippen LogP contribution is 2.35. The van der Waals surface area contributed by atoms with Crippen molar-refractivity contribution in [3.8, 4) is 0 Å². The molecule has 0 saturated heterocycles. The zero-order valence-corrected chi connectivity index (χ0v) is 16.4. The van der Waals surface area contributed by atoms with Crippen molar-refractivity contribution in [1.29, 1.82) is 0 Å². The maximum atomic E-state index is 13.5. The molecule has 2 aliphatic rings. The summed E-state index contributed by atoms with van der Waals surface area (Å²) >= 11 is 0. The van der Waals surface area contributed by atoms with Crippen molar-refractivity contribution in [2.24, 2.45) is 0 Å². The molecule has 2 aromatic carbocycles. The van der Waals surface area contributed by atoms with E-state index in [1.165, 1.54) is 0 Å². The first-order valence-corrected chi connectivity index (χ1v) is 10.2. The molecule has 2 bridgehead atoms. The summed E-state index contributed by atoms with van der Waals surface area (Å²) < 4.78 is 0. The first-order valence-electron chi connectivity index (χ1n) is 10.2. The summed E-state index contributed by atoms with van der Waals surface area (Å²) in [6.07, 6.45) is 0. The van der Waals surface area contributed by atoms with Gasteiger partial charge in [-0.15, -0.1) is 0 Å². The molecule has 2 aromatic rings. The van der Waals surface area contributed by atoms with Crippen LogP contribution < -0.4 is 26.6 Å². The molecular formula is C22H27N5O2. The van der Waals surface area contributed by atoms with E-state index in [0.29, 0.717) is 46.7 Å². The summed E-state index contributed by atoms with van der Waals surface area (Å²) in [5, 5.41) is 16.8. The Bertz CT molecular complexity index is 843. The minimum atomic E-state index is -0.105. The van der Waals surface area contributed by atoms with Crippen LogP contribution in [0.4, 0.5) is 11.4 Å². The number of carbonyl (C=O) groups excluding carboxylic acids is 2. The molecule has 0 aromatic heterocycles. The molecule has 0 saturated carbocycles. The van der Waals surface area contributed by atoms with Gasteiger partial charge in [0.2, 0.25) is 0 Å². The minimum Gasteiger partial charge on any atom is -0.383 e. The van der Waals surface area contributed by atoms with Gasteiger partial charge in [-0.05, 0) is 12.1 Å². The van der Waals surface area contributed by atoms with Gasteiger partial charge in [0.05, 0.1) is 11.1 Å². The normalized spacial score (nSPS) is 18.2. The molecule has 0 atom stereocenters. The van der Waals surface area contributed by atoms with E-state index in [0.717, 1.165) is 39.3 Å². The number of carbonyl (C=O) groups is 2. The Morgan fingerprint density at radius 3 is 1.38 bits per heavy atom. The lowest BCUT2D eigenvalue weighted by Gasteiger charge is -2.23. The molecule has 1 aliphatic carbocycles. The Kier molecular flexibility index (Phi) is 6.19. The highest BCUT2D eigenvalue weighted by Gasteiger charge is 2.33. The second-order valence-corrected chi connectivity index (χ2v) is 7.22. The molecule has 0 unspecified atom stereocenters. The van der Waals surface area contributed by atoms with E-state index in [4.69, 9.17) is 0 Å². The predicted octanol–water partition coefficient (Wildman–Crippen LogP) is 1.07. The molecule has 4 rings (SSSR count). The average molecular weight is 393 g/mol. The smallest absolute Gasteiger partial charge is 0.198 e. The monoisotopic (exact) mass is 393 g/mol. The second-order valence-electron chi connectivity index (χ2n) is 7.22. The summed E-state index contributed by atoms with van der Waals surface area (Å²) in [6.45, 7) is 6.46. The molecule has 5 N–H and O–H groups in total. The first kappa shape index (κ1) is 19.6. The summed E-state index contributed by atoms with van der Waals surface area (Å²) in [7, 11) is 0. The van der Waals surface area contributed by atoms with Crippen molar-refractivity contribution in [3.05, 3.63) is 58.7 Å². The molecule has 0 spiro atoms. The zero-order valence-electron chi connectivity index (χ0n) is 16.4. The fraction of sp³-hybridized carbons (Fsp3) is 0.364. The van der Waals surface area contributed by atoms with Crippen LogP contribution in [0.15, 0.2) is 36.4 Å². The van der Waals surface area contributed by atoms with Crippen LogP contribution >= 0.6 is 0 Å². The molecule has 29 heavy (non-hydrogen) atoms. The summed E-state index contributed by atoms with van der Waals surface area (Å²) in [4.78, 5) is 26.6. The van der Waals surface area contributed by atoms with Gasteiger partial charge >= 0.3 is 0 Å². The van der Waals surface area contributed by atoms with Gasteiger partial charge in [0, 0.05) is 74.9 Å². The third-order valence-corrected chi connectivity index (χ3v) is 5.26. The minimum absolute atomic E-state index is 0.0985. The molecule has 1 heterocycles. The van der Waals surface area contributed by atoms with Crippen LogP contribution in [0.5, 0.6) is 0 Å². The molecule has 0 radical (unpaired) electrons. The Labute approximate surface area is 170 Å². The molecule has 0 amide bonds. The van der Waals surface area contributed by atoms with Crippen LogP contribution in [0, 0.1) is 0 Å². The highest BCUT2D eigenvalue weighted by molar-refractivity contribution is 6.31. The Morgan fingerprint density at radius 2 is 0.931 bits per heavy atom. The van der Waals surface area contributed by atoms with E-state index < -0.39 is 0 Å². The van der Waals surface area contributed by atoms with Gasteiger partial charge in [-0.1, -0.05) is 24.3 Å². The van der Waals surface area contributed by atoms with Crippen LogP contribution in [0.3, 0.4) is 0 Å². The molecular weight excluding hydrogens is 366 g/mol. The maximum absolute atomic E-state index is 13.5. The second kappa shape index (κ2) is 9.17. The van der Waals surface area contributed by atoms with Gasteiger partial charge in [-0.2, -0.15) is 0 Å². The molecule has 152 valence electrons. The van der Waals surface area contributed by atoms with Crippen LogP contribution in [0.1, 0.15) is 31.8 Å². The summed E-state index contributed by atoms with van der Waals surface area (Å²) in [5.41, 5.74) is 3.31. The van der Waals surface area contributed by atoms with Gasteiger partial charge in [-0.3, -0.25) is 9.59 Å². The predicted molar refractivity (Wildman–Crippen MR) is 115 cm³/mol. The van der Waals surface area contributed by atoms with E-state index in [9.17, 15) is 9.59 Å².